The van der Waals surface area contributed by atoms with Crippen molar-refractivity contribution < 1.29 is 0 Å². The largest absolute Gasteiger partial charge is 0.377 e. The van der Waals surface area contributed by atoms with Crippen molar-refractivity contribution in [2.75, 3.05) is 0 Å². The second-order valence-electron chi connectivity index (χ2n) is 9.69. The van der Waals surface area contributed by atoms with Crippen molar-refractivity contribution in [2.24, 2.45) is 7.05 Å². The highest BCUT2D eigenvalue weighted by Crippen LogP contribution is 2.25. The van der Waals surface area contributed by atoms with Crippen LogP contribution in [0, 0.1) is 18.8 Å². The topological polar surface area (TPSA) is 82.0 Å². The van der Waals surface area contributed by atoms with E-state index in [9.17, 15) is 4.79 Å². The number of hydrogen-bond donors (Lipinski definition) is 1. The molecule has 1 N–H and O–H groups in total. The summed E-state index contributed by atoms with van der Waals surface area (Å²) in [5.41, 5.74) is 6.06. The Balaban J connectivity index is 1.46. The number of para-hydroxylation sites is 1. The Morgan fingerprint density at radius 1 is 1.02 bits per heavy atom. The van der Waals surface area contributed by atoms with Crippen LogP contribution in [0.15, 0.2) is 96.8 Å². The van der Waals surface area contributed by atoms with Gasteiger partial charge in [0, 0.05) is 47.8 Å². The Bertz CT molecular complexity index is 2020. The zero-order valence-corrected chi connectivity index (χ0v) is 22.5. The fraction of sp³-hybridized carbons (Fsp3) is 0.125. The summed E-state index contributed by atoms with van der Waals surface area (Å²) in [6, 6.07) is 19.1. The SMILES string of the molecule is C=C(NC(C)c1cc2cccc(C#Cc3cnn(C)c3)c2c(=O)n1-c1ccccc1)c1cnn2c(C)ccnc12. The lowest BCUT2D eigenvalue weighted by Crippen LogP contribution is -2.28. The van der Waals surface area contributed by atoms with Gasteiger partial charge in [0.05, 0.1) is 34.9 Å². The molecule has 1 atom stereocenters. The second-order valence-corrected chi connectivity index (χ2v) is 9.69. The molecule has 0 aliphatic carbocycles. The molecule has 8 heteroatoms. The highest BCUT2D eigenvalue weighted by molar-refractivity contribution is 5.88. The predicted molar refractivity (Wildman–Crippen MR) is 157 cm³/mol. The van der Waals surface area contributed by atoms with Crippen molar-refractivity contribution in [3.63, 3.8) is 0 Å². The molecular formula is C32H27N7O. The average Bonchev–Trinajstić information content (AvgIpc) is 3.59. The molecule has 0 amide bonds. The van der Waals surface area contributed by atoms with E-state index < -0.39 is 0 Å². The molecule has 6 aromatic rings. The van der Waals surface area contributed by atoms with Crippen LogP contribution in [0.5, 0.6) is 0 Å². The van der Waals surface area contributed by atoms with Crippen LogP contribution in [0.25, 0.3) is 27.8 Å². The van der Waals surface area contributed by atoms with Gasteiger partial charge in [-0.1, -0.05) is 48.8 Å². The fourth-order valence-corrected chi connectivity index (χ4v) is 4.91. The van der Waals surface area contributed by atoms with Gasteiger partial charge in [0.1, 0.15) is 0 Å². The molecule has 0 spiro atoms. The minimum absolute atomic E-state index is 0.137. The summed E-state index contributed by atoms with van der Waals surface area (Å²) in [5, 5.41) is 13.5. The lowest BCUT2D eigenvalue weighted by molar-refractivity contribution is 0.652. The third-order valence-corrected chi connectivity index (χ3v) is 6.89. The van der Waals surface area contributed by atoms with E-state index in [0.717, 1.165) is 39.2 Å². The summed E-state index contributed by atoms with van der Waals surface area (Å²) in [7, 11) is 1.85. The Morgan fingerprint density at radius 2 is 1.85 bits per heavy atom. The predicted octanol–water partition coefficient (Wildman–Crippen LogP) is 4.80. The summed E-state index contributed by atoms with van der Waals surface area (Å²) < 4.78 is 5.24. The Morgan fingerprint density at radius 3 is 2.62 bits per heavy atom. The maximum atomic E-state index is 14.2. The summed E-state index contributed by atoms with van der Waals surface area (Å²) in [6.45, 7) is 8.28. The molecule has 0 saturated carbocycles. The number of hydrogen-bond acceptors (Lipinski definition) is 5. The van der Waals surface area contributed by atoms with Gasteiger partial charge in [-0.2, -0.15) is 10.2 Å². The molecular weight excluding hydrogens is 498 g/mol. The van der Waals surface area contributed by atoms with Crippen LogP contribution in [0.4, 0.5) is 0 Å². The molecule has 0 radical (unpaired) electrons. The molecule has 4 aromatic heterocycles. The lowest BCUT2D eigenvalue weighted by atomic mass is 10.0. The quantitative estimate of drug-likeness (QED) is 0.327. The number of fused-ring (bicyclic) bond motifs is 2. The van der Waals surface area contributed by atoms with Crippen molar-refractivity contribution >= 4 is 22.1 Å². The van der Waals surface area contributed by atoms with Gasteiger partial charge >= 0.3 is 0 Å². The van der Waals surface area contributed by atoms with Crippen molar-refractivity contribution in [2.45, 2.75) is 19.9 Å². The van der Waals surface area contributed by atoms with Crippen LogP contribution >= 0.6 is 0 Å². The number of pyridine rings is 1. The number of aromatic nitrogens is 6. The van der Waals surface area contributed by atoms with Crippen molar-refractivity contribution in [3.05, 3.63) is 130 Å². The maximum absolute atomic E-state index is 14.2. The molecule has 0 aliphatic heterocycles. The van der Waals surface area contributed by atoms with E-state index in [4.69, 9.17) is 0 Å². The lowest BCUT2D eigenvalue weighted by Gasteiger charge is -2.22. The van der Waals surface area contributed by atoms with E-state index >= 15 is 0 Å². The van der Waals surface area contributed by atoms with Gasteiger partial charge in [0.25, 0.3) is 5.56 Å². The molecule has 8 nitrogen and oxygen atoms in total. The third-order valence-electron chi connectivity index (χ3n) is 6.89. The van der Waals surface area contributed by atoms with E-state index in [1.807, 2.05) is 87.8 Å². The summed E-state index contributed by atoms with van der Waals surface area (Å²) in [4.78, 5) is 18.7. The first-order valence-corrected chi connectivity index (χ1v) is 12.9. The van der Waals surface area contributed by atoms with Gasteiger partial charge in [-0.25, -0.2) is 9.50 Å². The molecule has 0 bridgehead atoms. The van der Waals surface area contributed by atoms with E-state index in [1.54, 1.807) is 32.4 Å². The summed E-state index contributed by atoms with van der Waals surface area (Å²) in [5.74, 6) is 6.33. The first kappa shape index (κ1) is 24.9. The highest BCUT2D eigenvalue weighted by Gasteiger charge is 2.19. The fourth-order valence-electron chi connectivity index (χ4n) is 4.91. The standard InChI is InChI=1S/C32H27N7O/c1-21-15-16-33-31-28(19-35-39(21)31)22(2)36-23(3)29-17-26-10-8-9-25(14-13-24-18-34-37(4)20-24)30(26)32(40)38(29)27-11-6-5-7-12-27/h5-12,15-20,23,36H,2H2,1,3-4H3. The van der Waals surface area contributed by atoms with Gasteiger partial charge in [-0.3, -0.25) is 14.0 Å². The van der Waals surface area contributed by atoms with Crippen molar-refractivity contribution in [1.29, 1.82) is 0 Å². The monoisotopic (exact) mass is 525 g/mol. The number of rotatable bonds is 5. The first-order valence-electron chi connectivity index (χ1n) is 12.9. The van der Waals surface area contributed by atoms with Crippen LogP contribution < -0.4 is 10.9 Å². The number of benzene rings is 2. The van der Waals surface area contributed by atoms with Gasteiger partial charge in [0.15, 0.2) is 5.65 Å². The molecule has 1 unspecified atom stereocenters. The van der Waals surface area contributed by atoms with E-state index in [-0.39, 0.29) is 11.6 Å². The molecule has 0 aliphatic rings. The molecule has 6 rings (SSSR count). The van der Waals surface area contributed by atoms with E-state index in [1.165, 1.54) is 0 Å². The summed E-state index contributed by atoms with van der Waals surface area (Å²) in [6.07, 6.45) is 7.08. The van der Waals surface area contributed by atoms with Crippen LogP contribution in [-0.4, -0.2) is 28.9 Å². The minimum Gasteiger partial charge on any atom is -0.377 e. The molecule has 2 aromatic carbocycles. The highest BCUT2D eigenvalue weighted by atomic mass is 16.1. The minimum atomic E-state index is -0.269. The Hall–Kier alpha value is -5.42. The molecule has 0 saturated heterocycles. The third kappa shape index (κ3) is 4.44. The number of aryl methyl sites for hydroxylation is 2. The number of nitrogens with zero attached hydrogens (tertiary/aromatic N) is 6. The van der Waals surface area contributed by atoms with E-state index in [2.05, 4.69) is 38.9 Å². The second kappa shape index (κ2) is 10.0. The summed E-state index contributed by atoms with van der Waals surface area (Å²) >= 11 is 0. The van der Waals surface area contributed by atoms with Crippen LogP contribution in [-0.2, 0) is 7.05 Å². The van der Waals surface area contributed by atoms with Gasteiger partial charge < -0.3 is 5.32 Å². The van der Waals surface area contributed by atoms with Crippen LogP contribution in [0.1, 0.15) is 41.0 Å². The average molecular weight is 526 g/mol. The van der Waals surface area contributed by atoms with E-state index in [0.29, 0.717) is 16.6 Å². The zero-order chi connectivity index (χ0) is 27.8. The van der Waals surface area contributed by atoms with Gasteiger partial charge in [-0.05, 0) is 49.6 Å². The Kier molecular flexibility index (Phi) is 6.25. The Labute approximate surface area is 231 Å². The van der Waals surface area contributed by atoms with Gasteiger partial charge in [-0.15, -0.1) is 0 Å². The van der Waals surface area contributed by atoms with Crippen molar-refractivity contribution in [1.82, 2.24) is 34.3 Å². The zero-order valence-electron chi connectivity index (χ0n) is 22.5. The first-order chi connectivity index (χ1) is 19.4. The van der Waals surface area contributed by atoms with Crippen LogP contribution in [0.3, 0.4) is 0 Å². The van der Waals surface area contributed by atoms with Crippen LogP contribution in [0.2, 0.25) is 0 Å². The molecule has 196 valence electrons. The van der Waals surface area contributed by atoms with Gasteiger partial charge in [0.2, 0.25) is 0 Å². The normalized spacial score (nSPS) is 11.8. The maximum Gasteiger partial charge on any atom is 0.264 e. The smallest absolute Gasteiger partial charge is 0.264 e. The number of nitrogens with one attached hydrogen (secondary N) is 1. The molecule has 40 heavy (non-hydrogen) atoms. The molecule has 4 heterocycles. The van der Waals surface area contributed by atoms with Crippen molar-refractivity contribution in [3.8, 4) is 17.5 Å². The molecule has 0 fully saturated rings.